The third kappa shape index (κ3) is 2.84. The maximum atomic E-state index is 5.66. The molecule has 0 aliphatic rings. The summed E-state index contributed by atoms with van der Waals surface area (Å²) in [4.78, 5) is 0. The fourth-order valence-corrected chi connectivity index (χ4v) is 1.19. The molecular weight excluding hydrogens is 172 g/mol. The van der Waals surface area contributed by atoms with Gasteiger partial charge in [0.15, 0.2) is 0 Å². The zero-order valence-corrected chi connectivity index (χ0v) is 7.97. The third-order valence-corrected chi connectivity index (χ3v) is 2.08. The van der Waals surface area contributed by atoms with Gasteiger partial charge in [-0.05, 0) is 17.5 Å². The smallest absolute Gasteiger partial charge is 0.0502 e. The zero-order chi connectivity index (χ0) is 8.81. The Labute approximate surface area is 78.3 Å². The first kappa shape index (κ1) is 9.56. The molecule has 0 unspecified atom stereocenters. The van der Waals surface area contributed by atoms with Crippen molar-refractivity contribution in [1.29, 1.82) is 0 Å². The second-order valence-corrected chi connectivity index (χ2v) is 2.96. The van der Waals surface area contributed by atoms with Crippen LogP contribution in [-0.4, -0.2) is 13.7 Å². The van der Waals surface area contributed by atoms with Gasteiger partial charge < -0.3 is 4.74 Å². The van der Waals surface area contributed by atoms with Gasteiger partial charge in [-0.25, -0.2) is 0 Å². The van der Waals surface area contributed by atoms with Gasteiger partial charge in [-0.15, -0.1) is 11.6 Å². The third-order valence-electron chi connectivity index (χ3n) is 1.77. The van der Waals surface area contributed by atoms with E-state index in [4.69, 9.17) is 16.3 Å². The molecule has 66 valence electrons. The van der Waals surface area contributed by atoms with Gasteiger partial charge in [0.05, 0.1) is 6.61 Å². The summed E-state index contributed by atoms with van der Waals surface area (Å²) in [5, 5.41) is 0. The highest BCUT2D eigenvalue weighted by Gasteiger charge is 1.92. The SMILES string of the molecule is COCCc1ccc(CCl)cc1. The highest BCUT2D eigenvalue weighted by Crippen LogP contribution is 2.07. The molecule has 0 aliphatic carbocycles. The van der Waals surface area contributed by atoms with Crippen molar-refractivity contribution >= 4 is 11.6 Å². The molecule has 0 spiro atoms. The molecule has 1 nitrogen and oxygen atoms in total. The predicted octanol–water partition coefficient (Wildman–Crippen LogP) is 2.61. The van der Waals surface area contributed by atoms with Gasteiger partial charge in [-0.2, -0.15) is 0 Å². The van der Waals surface area contributed by atoms with Crippen LogP contribution in [0.5, 0.6) is 0 Å². The average molecular weight is 185 g/mol. The van der Waals surface area contributed by atoms with E-state index in [1.54, 1.807) is 7.11 Å². The molecule has 12 heavy (non-hydrogen) atoms. The van der Waals surface area contributed by atoms with Crippen molar-refractivity contribution < 1.29 is 4.74 Å². The van der Waals surface area contributed by atoms with Crippen molar-refractivity contribution in [2.24, 2.45) is 0 Å². The average Bonchev–Trinajstić information content (AvgIpc) is 2.15. The summed E-state index contributed by atoms with van der Waals surface area (Å²) >= 11 is 5.66. The number of methoxy groups -OCH3 is 1. The molecule has 0 amide bonds. The van der Waals surface area contributed by atoms with Crippen LogP contribution in [0.15, 0.2) is 24.3 Å². The van der Waals surface area contributed by atoms with Gasteiger partial charge in [0.2, 0.25) is 0 Å². The molecule has 0 aromatic heterocycles. The number of benzene rings is 1. The normalized spacial score (nSPS) is 10.2. The van der Waals surface area contributed by atoms with E-state index in [9.17, 15) is 0 Å². The minimum Gasteiger partial charge on any atom is -0.384 e. The molecule has 1 rings (SSSR count). The summed E-state index contributed by atoms with van der Waals surface area (Å²) < 4.78 is 4.98. The van der Waals surface area contributed by atoms with Gasteiger partial charge in [0.25, 0.3) is 0 Å². The molecule has 2 heteroatoms. The molecule has 0 fully saturated rings. The van der Waals surface area contributed by atoms with Gasteiger partial charge in [-0.1, -0.05) is 24.3 Å². The molecule has 0 saturated carbocycles. The van der Waals surface area contributed by atoms with Crippen LogP contribution in [-0.2, 0) is 17.0 Å². The molecule has 1 aromatic carbocycles. The maximum absolute atomic E-state index is 5.66. The number of alkyl halides is 1. The van der Waals surface area contributed by atoms with Crippen LogP contribution in [0.2, 0.25) is 0 Å². The van der Waals surface area contributed by atoms with Gasteiger partial charge in [0.1, 0.15) is 0 Å². The molecule has 0 heterocycles. The van der Waals surface area contributed by atoms with E-state index >= 15 is 0 Å². The zero-order valence-electron chi connectivity index (χ0n) is 7.22. The van der Waals surface area contributed by atoms with Crippen molar-refractivity contribution in [3.8, 4) is 0 Å². The topological polar surface area (TPSA) is 9.23 Å². The minimum atomic E-state index is 0.588. The molecule has 0 N–H and O–H groups in total. The number of hydrogen-bond acceptors (Lipinski definition) is 1. The van der Waals surface area contributed by atoms with Gasteiger partial charge >= 0.3 is 0 Å². The Hall–Kier alpha value is -0.530. The van der Waals surface area contributed by atoms with Crippen LogP contribution in [0, 0.1) is 0 Å². The Morgan fingerprint density at radius 3 is 2.25 bits per heavy atom. The lowest BCUT2D eigenvalue weighted by Gasteiger charge is -2.00. The molecule has 0 saturated heterocycles. The van der Waals surface area contributed by atoms with Gasteiger partial charge in [0, 0.05) is 13.0 Å². The van der Waals surface area contributed by atoms with Crippen LogP contribution in [0.3, 0.4) is 0 Å². The number of rotatable bonds is 4. The fourth-order valence-electron chi connectivity index (χ4n) is 1.01. The number of halogens is 1. The first-order chi connectivity index (χ1) is 5.86. The van der Waals surface area contributed by atoms with E-state index in [2.05, 4.69) is 24.3 Å². The summed E-state index contributed by atoms with van der Waals surface area (Å²) in [6.07, 6.45) is 0.971. The van der Waals surface area contributed by atoms with Crippen LogP contribution >= 0.6 is 11.6 Å². The van der Waals surface area contributed by atoms with Crippen molar-refractivity contribution in [3.63, 3.8) is 0 Å². The lowest BCUT2D eigenvalue weighted by molar-refractivity contribution is 0.202. The van der Waals surface area contributed by atoms with Crippen molar-refractivity contribution in [3.05, 3.63) is 35.4 Å². The Morgan fingerprint density at radius 1 is 1.17 bits per heavy atom. The molecule has 0 aliphatic heterocycles. The van der Waals surface area contributed by atoms with Crippen LogP contribution < -0.4 is 0 Å². The Kier molecular flexibility index (Phi) is 4.12. The summed E-state index contributed by atoms with van der Waals surface area (Å²) in [6.45, 7) is 0.778. The molecular formula is C10H13ClO. The molecule has 0 bridgehead atoms. The number of hydrogen-bond donors (Lipinski definition) is 0. The second kappa shape index (κ2) is 5.18. The molecule has 0 atom stereocenters. The molecule has 0 radical (unpaired) electrons. The lowest BCUT2D eigenvalue weighted by atomic mass is 10.1. The van der Waals surface area contributed by atoms with Crippen molar-refractivity contribution in [2.45, 2.75) is 12.3 Å². The standard InChI is InChI=1S/C10H13ClO/c1-12-7-6-9-2-4-10(8-11)5-3-9/h2-5H,6-8H2,1H3. The van der Waals surface area contributed by atoms with Crippen molar-refractivity contribution in [2.75, 3.05) is 13.7 Å². The van der Waals surface area contributed by atoms with E-state index in [0.29, 0.717) is 5.88 Å². The number of ether oxygens (including phenoxy) is 1. The largest absolute Gasteiger partial charge is 0.384 e. The van der Waals surface area contributed by atoms with Crippen LogP contribution in [0.1, 0.15) is 11.1 Å². The summed E-state index contributed by atoms with van der Waals surface area (Å²) in [6, 6.07) is 8.30. The van der Waals surface area contributed by atoms with Crippen LogP contribution in [0.25, 0.3) is 0 Å². The first-order valence-electron chi connectivity index (χ1n) is 3.99. The van der Waals surface area contributed by atoms with Gasteiger partial charge in [-0.3, -0.25) is 0 Å². The Morgan fingerprint density at radius 2 is 1.75 bits per heavy atom. The fraction of sp³-hybridized carbons (Fsp3) is 0.400. The summed E-state index contributed by atoms with van der Waals surface area (Å²) in [7, 11) is 1.72. The Balaban J connectivity index is 2.53. The van der Waals surface area contributed by atoms with Crippen LogP contribution in [0.4, 0.5) is 0 Å². The van der Waals surface area contributed by atoms with E-state index in [-0.39, 0.29) is 0 Å². The monoisotopic (exact) mass is 184 g/mol. The highest BCUT2D eigenvalue weighted by atomic mass is 35.5. The first-order valence-corrected chi connectivity index (χ1v) is 4.53. The Bertz CT molecular complexity index is 218. The second-order valence-electron chi connectivity index (χ2n) is 2.69. The minimum absolute atomic E-state index is 0.588. The predicted molar refractivity (Wildman–Crippen MR) is 51.6 cm³/mol. The van der Waals surface area contributed by atoms with E-state index < -0.39 is 0 Å². The maximum Gasteiger partial charge on any atom is 0.0502 e. The van der Waals surface area contributed by atoms with E-state index in [1.807, 2.05) is 0 Å². The lowest BCUT2D eigenvalue weighted by Crippen LogP contribution is -1.93. The van der Waals surface area contributed by atoms with Crippen molar-refractivity contribution in [1.82, 2.24) is 0 Å². The summed E-state index contributed by atoms with van der Waals surface area (Å²) in [5.41, 5.74) is 2.46. The highest BCUT2D eigenvalue weighted by molar-refractivity contribution is 6.17. The quantitative estimate of drug-likeness (QED) is 0.654. The summed E-state index contributed by atoms with van der Waals surface area (Å²) in [5.74, 6) is 0.588. The van der Waals surface area contributed by atoms with E-state index in [1.165, 1.54) is 5.56 Å². The van der Waals surface area contributed by atoms with E-state index in [0.717, 1.165) is 18.6 Å². The molecule has 1 aromatic rings.